The van der Waals surface area contributed by atoms with Crippen molar-refractivity contribution in [3.63, 3.8) is 0 Å². The van der Waals surface area contributed by atoms with E-state index < -0.39 is 35.7 Å². The van der Waals surface area contributed by atoms with E-state index in [1.165, 1.54) is 6.08 Å². The fraction of sp³-hybridized carbons (Fsp3) is 0.550. The summed E-state index contributed by atoms with van der Waals surface area (Å²) in [5.41, 5.74) is -0.395. The number of hydrogen-bond acceptors (Lipinski definition) is 6. The van der Waals surface area contributed by atoms with E-state index in [2.05, 4.69) is 6.58 Å². The van der Waals surface area contributed by atoms with Crippen LogP contribution in [0.4, 0.5) is 0 Å². The normalized spacial score (nSPS) is 37.0. The van der Waals surface area contributed by atoms with Crippen LogP contribution in [0.1, 0.15) is 40.5 Å². The molecule has 5 atom stereocenters. The van der Waals surface area contributed by atoms with Crippen LogP contribution in [0, 0.1) is 11.8 Å². The molecule has 0 N–H and O–H groups in total. The van der Waals surface area contributed by atoms with E-state index >= 15 is 0 Å². The Labute approximate surface area is 152 Å². The zero-order valence-corrected chi connectivity index (χ0v) is 15.5. The van der Waals surface area contributed by atoms with Crippen molar-refractivity contribution in [2.75, 3.05) is 0 Å². The van der Waals surface area contributed by atoms with Gasteiger partial charge in [0.15, 0.2) is 5.60 Å². The van der Waals surface area contributed by atoms with Crippen molar-refractivity contribution >= 4 is 17.7 Å². The fourth-order valence-corrected chi connectivity index (χ4v) is 3.75. The minimum absolute atomic E-state index is 0.0984. The Bertz CT molecular complexity index is 745. The van der Waals surface area contributed by atoms with Crippen molar-refractivity contribution in [3.05, 3.63) is 35.6 Å². The van der Waals surface area contributed by atoms with Crippen LogP contribution >= 0.6 is 0 Å². The molecule has 6 nitrogen and oxygen atoms in total. The smallest absolute Gasteiger partial charge is 0.334 e. The third kappa shape index (κ3) is 2.97. The maximum atomic E-state index is 12.5. The summed E-state index contributed by atoms with van der Waals surface area (Å²) in [7, 11) is 0. The zero-order valence-electron chi connectivity index (χ0n) is 15.5. The van der Waals surface area contributed by atoms with Crippen LogP contribution in [0.3, 0.4) is 0 Å². The van der Waals surface area contributed by atoms with Crippen LogP contribution in [0.5, 0.6) is 0 Å². The highest BCUT2D eigenvalue weighted by Gasteiger charge is 2.53. The highest BCUT2D eigenvalue weighted by atomic mass is 16.6. The minimum Gasteiger partial charge on any atom is -0.483 e. The van der Waals surface area contributed by atoms with Crippen LogP contribution in [0.15, 0.2) is 35.6 Å². The van der Waals surface area contributed by atoms with Crippen molar-refractivity contribution in [3.8, 4) is 0 Å². The lowest BCUT2D eigenvalue weighted by molar-refractivity contribution is -0.153. The van der Waals surface area contributed by atoms with Gasteiger partial charge in [0.2, 0.25) is 5.78 Å². The molecule has 3 aliphatic rings. The first-order valence-corrected chi connectivity index (χ1v) is 8.85. The molecule has 3 rings (SSSR count). The summed E-state index contributed by atoms with van der Waals surface area (Å²) in [5.74, 6) is -1.13. The molecular weight excluding hydrogens is 336 g/mol. The first-order chi connectivity index (χ1) is 12.2. The number of esters is 2. The van der Waals surface area contributed by atoms with Crippen LogP contribution in [0.2, 0.25) is 0 Å². The summed E-state index contributed by atoms with van der Waals surface area (Å²) in [4.78, 5) is 37.0. The number of fused-ring (bicyclic) bond motifs is 3. The Balaban J connectivity index is 2.00. The quantitative estimate of drug-likeness (QED) is 0.556. The van der Waals surface area contributed by atoms with Gasteiger partial charge < -0.3 is 14.2 Å². The summed E-state index contributed by atoms with van der Waals surface area (Å²) < 4.78 is 17.2. The molecule has 6 heteroatoms. The first-order valence-electron chi connectivity index (χ1n) is 8.85. The van der Waals surface area contributed by atoms with Crippen LogP contribution in [0.25, 0.3) is 0 Å². The Kier molecular flexibility index (Phi) is 4.54. The van der Waals surface area contributed by atoms with E-state index in [4.69, 9.17) is 14.2 Å². The lowest BCUT2D eigenvalue weighted by Crippen LogP contribution is -2.43. The number of ether oxygens (including phenoxy) is 3. The molecule has 0 saturated carbocycles. The molecule has 2 bridgehead atoms. The number of carbonyl (C=O) groups is 3. The average Bonchev–Trinajstić information content (AvgIpc) is 3.03. The maximum absolute atomic E-state index is 12.5. The zero-order chi connectivity index (χ0) is 19.2. The molecule has 2 saturated heterocycles. The molecule has 2 fully saturated rings. The molecule has 0 radical (unpaired) electrons. The van der Waals surface area contributed by atoms with Crippen molar-refractivity contribution in [2.24, 2.45) is 11.8 Å². The second kappa shape index (κ2) is 6.41. The number of hydrogen-bond donors (Lipinski definition) is 0. The van der Waals surface area contributed by atoms with Gasteiger partial charge in [0.25, 0.3) is 0 Å². The highest BCUT2D eigenvalue weighted by Crippen LogP contribution is 2.44. The molecule has 1 unspecified atom stereocenters. The SMILES string of the molecule is C=C1C(=O)O[C@@H]2C[C@@H](C)C3=CC(=O)C(C)(C[C@@H](OC(=O)/C(C)=C\C)[C@H]12)O3. The Hall–Kier alpha value is -2.37. The predicted molar refractivity (Wildman–Crippen MR) is 92.8 cm³/mol. The molecule has 140 valence electrons. The minimum atomic E-state index is -1.13. The van der Waals surface area contributed by atoms with Crippen molar-refractivity contribution in [2.45, 2.75) is 58.3 Å². The van der Waals surface area contributed by atoms with Crippen molar-refractivity contribution < 1.29 is 28.6 Å². The largest absolute Gasteiger partial charge is 0.483 e. The maximum Gasteiger partial charge on any atom is 0.334 e. The number of rotatable bonds is 2. The number of allylic oxidation sites excluding steroid dienone is 2. The van der Waals surface area contributed by atoms with Gasteiger partial charge in [-0.05, 0) is 27.2 Å². The molecule has 0 aromatic carbocycles. The Morgan fingerprint density at radius 3 is 2.77 bits per heavy atom. The summed E-state index contributed by atoms with van der Waals surface area (Å²) in [6.45, 7) is 10.9. The molecule has 3 heterocycles. The second-order valence-electron chi connectivity index (χ2n) is 7.49. The van der Waals surface area contributed by atoms with Crippen LogP contribution < -0.4 is 0 Å². The predicted octanol–water partition coefficient (Wildman–Crippen LogP) is 2.63. The third-order valence-electron chi connectivity index (χ3n) is 5.54. The van der Waals surface area contributed by atoms with E-state index in [1.807, 2.05) is 6.92 Å². The molecule has 0 amide bonds. The topological polar surface area (TPSA) is 78.9 Å². The second-order valence-corrected chi connectivity index (χ2v) is 7.49. The standard InChI is InChI=1S/C20H24O6/c1-6-10(2)18(22)25-15-9-20(5)16(21)8-13(26-20)11(3)7-14-17(15)12(4)19(23)24-14/h6,8,11,14-15,17H,4,7,9H2,1-3,5H3/b10-6-/t11-,14-,15-,17-,20?/m1/s1. The van der Waals surface area contributed by atoms with Gasteiger partial charge in [0.05, 0.1) is 5.92 Å². The summed E-state index contributed by atoms with van der Waals surface area (Å²) >= 11 is 0. The summed E-state index contributed by atoms with van der Waals surface area (Å²) in [6, 6.07) is 0. The van der Waals surface area contributed by atoms with Gasteiger partial charge in [-0.15, -0.1) is 0 Å². The number of ketones is 1. The van der Waals surface area contributed by atoms with E-state index in [1.54, 1.807) is 26.8 Å². The van der Waals surface area contributed by atoms with Crippen LogP contribution in [-0.4, -0.2) is 35.5 Å². The monoisotopic (exact) mass is 360 g/mol. The Morgan fingerprint density at radius 2 is 2.12 bits per heavy atom. The van der Waals surface area contributed by atoms with E-state index in [9.17, 15) is 14.4 Å². The van der Waals surface area contributed by atoms with Gasteiger partial charge in [-0.25, -0.2) is 9.59 Å². The summed E-state index contributed by atoms with van der Waals surface area (Å²) in [5, 5.41) is 0. The molecule has 0 spiro atoms. The van der Waals surface area contributed by atoms with Gasteiger partial charge in [0, 0.05) is 29.6 Å². The molecular formula is C20H24O6. The van der Waals surface area contributed by atoms with E-state index in [0.717, 1.165) is 0 Å². The number of carbonyl (C=O) groups excluding carboxylic acids is 3. The van der Waals surface area contributed by atoms with Gasteiger partial charge in [-0.3, -0.25) is 4.79 Å². The lowest BCUT2D eigenvalue weighted by Gasteiger charge is -2.31. The van der Waals surface area contributed by atoms with Crippen molar-refractivity contribution in [1.82, 2.24) is 0 Å². The first kappa shape index (κ1) is 18.4. The average molecular weight is 360 g/mol. The lowest BCUT2D eigenvalue weighted by atomic mass is 9.80. The Morgan fingerprint density at radius 1 is 1.42 bits per heavy atom. The van der Waals surface area contributed by atoms with Crippen molar-refractivity contribution in [1.29, 1.82) is 0 Å². The van der Waals surface area contributed by atoms with Gasteiger partial charge in [0.1, 0.15) is 18.0 Å². The highest BCUT2D eigenvalue weighted by molar-refractivity contribution is 5.99. The molecule has 3 aliphatic heterocycles. The molecule has 0 aliphatic carbocycles. The molecule has 0 aromatic heterocycles. The van der Waals surface area contributed by atoms with Crippen LogP contribution in [-0.2, 0) is 28.6 Å². The summed E-state index contributed by atoms with van der Waals surface area (Å²) in [6.07, 6.45) is 2.57. The third-order valence-corrected chi connectivity index (χ3v) is 5.54. The molecule has 0 aromatic rings. The van der Waals surface area contributed by atoms with Gasteiger partial charge >= 0.3 is 11.9 Å². The fourth-order valence-electron chi connectivity index (χ4n) is 3.75. The van der Waals surface area contributed by atoms with E-state index in [-0.39, 0.29) is 23.7 Å². The van der Waals surface area contributed by atoms with Gasteiger partial charge in [-0.2, -0.15) is 0 Å². The van der Waals surface area contributed by atoms with E-state index in [0.29, 0.717) is 17.8 Å². The van der Waals surface area contributed by atoms with Gasteiger partial charge in [-0.1, -0.05) is 19.6 Å². The molecule has 26 heavy (non-hydrogen) atoms.